The molecule has 4 heteroatoms. The summed E-state index contributed by atoms with van der Waals surface area (Å²) in [5.74, 6) is 1.69. The van der Waals surface area contributed by atoms with Crippen LogP contribution in [-0.4, -0.2) is 11.2 Å². The Morgan fingerprint density at radius 3 is 2.57 bits per heavy atom. The monoisotopic (exact) mass is 310 g/mol. The van der Waals surface area contributed by atoms with E-state index in [-0.39, 0.29) is 0 Å². The quantitative estimate of drug-likeness (QED) is 0.680. The van der Waals surface area contributed by atoms with Crippen molar-refractivity contribution in [2.45, 2.75) is 32.9 Å². The standard InChI is InChI=1S/C19H23N3O/c1-2-3-13-21-17-11-7-8-12-18(17)22(19(21)20)14-15-23-16-9-5-4-6-10-16/h4-12,20H,2-3,13-15H2,1H3/p+1. The number of imidazole rings is 1. The molecule has 0 fully saturated rings. The maximum absolute atomic E-state index is 6.41. The molecular weight excluding hydrogens is 286 g/mol. The first-order valence-electron chi connectivity index (χ1n) is 8.25. The lowest BCUT2D eigenvalue weighted by atomic mass is 10.3. The topological polar surface area (TPSA) is 44.1 Å². The van der Waals surface area contributed by atoms with Crippen LogP contribution < -0.4 is 15.0 Å². The molecule has 120 valence electrons. The highest BCUT2D eigenvalue weighted by Gasteiger charge is 2.19. The third-order valence-electron chi connectivity index (χ3n) is 4.08. The van der Waals surface area contributed by atoms with Crippen LogP contribution in [0.3, 0.4) is 0 Å². The van der Waals surface area contributed by atoms with Gasteiger partial charge in [-0.15, -0.1) is 0 Å². The van der Waals surface area contributed by atoms with Gasteiger partial charge < -0.3 is 4.74 Å². The molecular formula is C19H24N3O+. The summed E-state index contributed by atoms with van der Waals surface area (Å²) in [6, 6.07) is 18.3. The Kier molecular flexibility index (Phi) is 4.81. The van der Waals surface area contributed by atoms with E-state index < -0.39 is 0 Å². The first kappa shape index (κ1) is 15.4. The number of benzene rings is 2. The summed E-state index contributed by atoms with van der Waals surface area (Å²) in [5.41, 5.74) is 8.76. The summed E-state index contributed by atoms with van der Waals surface area (Å²) in [6.07, 6.45) is 2.28. The highest BCUT2D eigenvalue weighted by molar-refractivity contribution is 5.73. The van der Waals surface area contributed by atoms with Crippen LogP contribution in [0.25, 0.3) is 11.0 Å². The predicted octanol–water partition coefficient (Wildman–Crippen LogP) is 3.39. The molecule has 0 saturated carbocycles. The van der Waals surface area contributed by atoms with E-state index in [0.29, 0.717) is 6.61 Å². The van der Waals surface area contributed by atoms with E-state index in [0.717, 1.165) is 43.1 Å². The third-order valence-corrected chi connectivity index (χ3v) is 4.08. The highest BCUT2D eigenvalue weighted by Crippen LogP contribution is 2.17. The normalized spacial score (nSPS) is 11.0. The van der Waals surface area contributed by atoms with E-state index in [1.165, 1.54) is 5.52 Å². The molecule has 0 unspecified atom stereocenters. The fraction of sp³-hybridized carbons (Fsp3) is 0.316. The molecule has 1 aromatic heterocycles. The van der Waals surface area contributed by atoms with E-state index in [1.54, 1.807) is 0 Å². The summed E-state index contributed by atoms with van der Waals surface area (Å²) in [5, 5.41) is 0. The van der Waals surface area contributed by atoms with Crippen LogP contribution in [0, 0.1) is 0 Å². The van der Waals surface area contributed by atoms with Gasteiger partial charge in [0.25, 0.3) is 0 Å². The Balaban J connectivity index is 1.81. The third kappa shape index (κ3) is 3.31. The maximum Gasteiger partial charge on any atom is 0.356 e. The van der Waals surface area contributed by atoms with Crippen molar-refractivity contribution in [2.24, 2.45) is 0 Å². The number of nitrogens with zero attached hydrogens (tertiary/aromatic N) is 2. The van der Waals surface area contributed by atoms with Gasteiger partial charge in [-0.3, -0.25) is 5.73 Å². The molecule has 0 aliphatic carbocycles. The average molecular weight is 310 g/mol. The minimum absolute atomic E-state index is 0.598. The molecule has 0 amide bonds. The first-order chi connectivity index (χ1) is 11.3. The van der Waals surface area contributed by atoms with Gasteiger partial charge >= 0.3 is 5.95 Å². The second-order valence-electron chi connectivity index (χ2n) is 5.67. The SMILES string of the molecule is CCCC[n+]1c(N)n(CCOc2ccccc2)c2ccccc21. The summed E-state index contributed by atoms with van der Waals surface area (Å²) in [6.45, 7) is 4.49. The Morgan fingerprint density at radius 2 is 1.78 bits per heavy atom. The largest absolute Gasteiger partial charge is 0.490 e. The average Bonchev–Trinajstić information content (AvgIpc) is 2.86. The Morgan fingerprint density at radius 1 is 1.04 bits per heavy atom. The van der Waals surface area contributed by atoms with Crippen molar-refractivity contribution in [3.8, 4) is 5.75 Å². The molecule has 0 spiro atoms. The summed E-state index contributed by atoms with van der Waals surface area (Å²) in [4.78, 5) is 0. The molecule has 0 aliphatic heterocycles. The van der Waals surface area contributed by atoms with Gasteiger partial charge in [-0.2, -0.15) is 0 Å². The van der Waals surface area contributed by atoms with E-state index >= 15 is 0 Å². The van der Waals surface area contributed by atoms with Crippen molar-refractivity contribution >= 4 is 17.0 Å². The van der Waals surface area contributed by atoms with E-state index in [9.17, 15) is 0 Å². The molecule has 2 aromatic carbocycles. The number of hydrogen-bond acceptors (Lipinski definition) is 2. The van der Waals surface area contributed by atoms with Gasteiger partial charge in [0.2, 0.25) is 0 Å². The predicted molar refractivity (Wildman–Crippen MR) is 93.4 cm³/mol. The zero-order valence-corrected chi connectivity index (χ0v) is 13.6. The maximum atomic E-state index is 6.41. The van der Waals surface area contributed by atoms with Crippen LogP contribution in [0.2, 0.25) is 0 Å². The fourth-order valence-electron chi connectivity index (χ4n) is 2.87. The van der Waals surface area contributed by atoms with E-state index in [2.05, 4.69) is 40.3 Å². The van der Waals surface area contributed by atoms with E-state index in [4.69, 9.17) is 10.5 Å². The lowest BCUT2D eigenvalue weighted by Crippen LogP contribution is -2.36. The van der Waals surface area contributed by atoms with E-state index in [1.807, 2.05) is 30.3 Å². The number of hydrogen-bond donors (Lipinski definition) is 1. The van der Waals surface area contributed by atoms with Crippen LogP contribution in [-0.2, 0) is 13.1 Å². The van der Waals surface area contributed by atoms with Gasteiger partial charge in [0.15, 0.2) is 0 Å². The van der Waals surface area contributed by atoms with Gasteiger partial charge in [-0.25, -0.2) is 9.13 Å². The Hall–Kier alpha value is -2.49. The van der Waals surface area contributed by atoms with Crippen LogP contribution in [0.4, 0.5) is 5.95 Å². The molecule has 1 heterocycles. The van der Waals surface area contributed by atoms with Crippen LogP contribution in [0.1, 0.15) is 19.8 Å². The molecule has 0 saturated heterocycles. The lowest BCUT2D eigenvalue weighted by molar-refractivity contribution is -0.657. The molecule has 4 nitrogen and oxygen atoms in total. The number of fused-ring (bicyclic) bond motifs is 1. The van der Waals surface area contributed by atoms with Crippen molar-refractivity contribution in [1.29, 1.82) is 0 Å². The second-order valence-corrected chi connectivity index (χ2v) is 5.67. The molecule has 0 radical (unpaired) electrons. The molecule has 2 N–H and O–H groups in total. The number of rotatable bonds is 7. The van der Waals surface area contributed by atoms with Gasteiger partial charge in [0.05, 0.1) is 6.54 Å². The minimum Gasteiger partial charge on any atom is -0.490 e. The number of para-hydroxylation sites is 3. The number of ether oxygens (including phenoxy) is 1. The van der Waals surface area contributed by atoms with Gasteiger partial charge in [-0.1, -0.05) is 43.7 Å². The summed E-state index contributed by atoms with van der Waals surface area (Å²) < 4.78 is 10.2. The van der Waals surface area contributed by atoms with Crippen LogP contribution in [0.5, 0.6) is 5.75 Å². The smallest absolute Gasteiger partial charge is 0.356 e. The first-order valence-corrected chi connectivity index (χ1v) is 8.25. The zero-order chi connectivity index (χ0) is 16.1. The Labute approximate surface area is 137 Å². The minimum atomic E-state index is 0.598. The summed E-state index contributed by atoms with van der Waals surface area (Å²) >= 11 is 0. The van der Waals surface area contributed by atoms with Crippen molar-refractivity contribution in [2.75, 3.05) is 12.3 Å². The van der Waals surface area contributed by atoms with Crippen LogP contribution in [0.15, 0.2) is 54.6 Å². The van der Waals surface area contributed by atoms with Crippen molar-refractivity contribution in [3.63, 3.8) is 0 Å². The number of unbranched alkanes of at least 4 members (excludes halogenated alkanes) is 1. The van der Waals surface area contributed by atoms with Gasteiger partial charge in [-0.05, 0) is 30.7 Å². The number of nitrogen functional groups attached to an aromatic ring is 1. The number of nitrogens with two attached hydrogens (primary N) is 1. The molecule has 23 heavy (non-hydrogen) atoms. The van der Waals surface area contributed by atoms with Gasteiger partial charge in [0.1, 0.15) is 29.9 Å². The molecule has 0 aliphatic rings. The Bertz CT molecular complexity index is 765. The number of aryl methyl sites for hydroxylation is 1. The molecule has 0 atom stereocenters. The van der Waals surface area contributed by atoms with Crippen molar-refractivity contribution < 1.29 is 9.30 Å². The lowest BCUT2D eigenvalue weighted by Gasteiger charge is -2.06. The summed E-state index contributed by atoms with van der Waals surface area (Å²) in [7, 11) is 0. The fourth-order valence-corrected chi connectivity index (χ4v) is 2.87. The zero-order valence-electron chi connectivity index (χ0n) is 13.6. The van der Waals surface area contributed by atoms with Gasteiger partial charge in [0, 0.05) is 0 Å². The van der Waals surface area contributed by atoms with Crippen molar-refractivity contribution in [1.82, 2.24) is 4.57 Å². The molecule has 0 bridgehead atoms. The molecule has 3 aromatic rings. The van der Waals surface area contributed by atoms with Crippen LogP contribution >= 0.6 is 0 Å². The molecule has 3 rings (SSSR count). The van der Waals surface area contributed by atoms with Crippen molar-refractivity contribution in [3.05, 3.63) is 54.6 Å². The highest BCUT2D eigenvalue weighted by atomic mass is 16.5. The number of anilines is 1. The second kappa shape index (κ2) is 7.18. The number of aromatic nitrogens is 2.